The Hall–Kier alpha value is -2.65. The van der Waals surface area contributed by atoms with Crippen molar-refractivity contribution in [3.63, 3.8) is 0 Å². The summed E-state index contributed by atoms with van der Waals surface area (Å²) in [6.45, 7) is 9.82. The van der Waals surface area contributed by atoms with Crippen molar-refractivity contribution in [1.82, 2.24) is 25.4 Å². The van der Waals surface area contributed by atoms with Crippen molar-refractivity contribution in [2.45, 2.75) is 39.0 Å². The Morgan fingerprint density at radius 1 is 1.43 bits per heavy atom. The van der Waals surface area contributed by atoms with E-state index in [2.05, 4.69) is 43.6 Å². The molecule has 0 aromatic carbocycles. The highest BCUT2D eigenvalue weighted by Gasteiger charge is 2.25. The van der Waals surface area contributed by atoms with Gasteiger partial charge in [-0.25, -0.2) is 9.98 Å². The quantitative estimate of drug-likeness (QED) is 0.458. The summed E-state index contributed by atoms with van der Waals surface area (Å²) in [6.07, 6.45) is 5.53. The number of aliphatic imine (C=N–C) groups is 1. The molecular weight excluding hydrogens is 382 g/mol. The van der Waals surface area contributed by atoms with E-state index in [0.717, 1.165) is 43.2 Å². The average Bonchev–Trinajstić information content (AvgIpc) is 3.18. The molecule has 1 fully saturated rings. The molecule has 2 atom stereocenters. The van der Waals surface area contributed by atoms with E-state index >= 15 is 0 Å². The summed E-state index contributed by atoms with van der Waals surface area (Å²) >= 11 is 0. The molecule has 0 amide bonds. The molecule has 1 aliphatic heterocycles. The molecule has 30 heavy (non-hydrogen) atoms. The Labute approximate surface area is 178 Å². The summed E-state index contributed by atoms with van der Waals surface area (Å²) in [7, 11) is 1.83. The SMILES string of the molecule is CCNC(=NCc1ccnc(N2CCOC(C)C2)c1)NCC(C)(O)c1cnn(C)c1. The van der Waals surface area contributed by atoms with Crippen LogP contribution in [0.15, 0.2) is 35.7 Å². The van der Waals surface area contributed by atoms with Gasteiger partial charge in [0.1, 0.15) is 11.4 Å². The number of morpholine rings is 1. The Morgan fingerprint density at radius 3 is 2.97 bits per heavy atom. The number of guanidine groups is 1. The molecule has 2 unspecified atom stereocenters. The first-order chi connectivity index (χ1) is 14.4. The number of hydrogen-bond acceptors (Lipinski definition) is 6. The van der Waals surface area contributed by atoms with Crippen molar-refractivity contribution < 1.29 is 9.84 Å². The molecule has 2 aromatic rings. The highest BCUT2D eigenvalue weighted by atomic mass is 16.5. The normalized spacial score (nSPS) is 19.4. The summed E-state index contributed by atoms with van der Waals surface area (Å²) in [4.78, 5) is 11.4. The lowest BCUT2D eigenvalue weighted by Gasteiger charge is -2.32. The maximum atomic E-state index is 10.8. The standard InChI is InChI=1S/C21H33N7O2/c1-5-22-20(25-15-21(3,29)18-12-26-27(4)14-18)24-11-17-6-7-23-19(10-17)28-8-9-30-16(2)13-28/h6-7,10,12,14,16,29H,5,8-9,11,13,15H2,1-4H3,(H2,22,24,25). The molecule has 9 nitrogen and oxygen atoms in total. The smallest absolute Gasteiger partial charge is 0.191 e. The molecule has 2 aromatic heterocycles. The molecule has 0 bridgehead atoms. The van der Waals surface area contributed by atoms with Crippen LogP contribution in [-0.2, 0) is 23.9 Å². The molecule has 0 aliphatic carbocycles. The third-order valence-electron chi connectivity index (χ3n) is 5.07. The fourth-order valence-corrected chi connectivity index (χ4v) is 3.33. The lowest BCUT2D eigenvalue weighted by atomic mass is 10.00. The number of nitrogens with one attached hydrogen (secondary N) is 2. The first-order valence-corrected chi connectivity index (χ1v) is 10.4. The van der Waals surface area contributed by atoms with Crippen molar-refractivity contribution in [3.8, 4) is 0 Å². The van der Waals surface area contributed by atoms with Gasteiger partial charge >= 0.3 is 0 Å². The van der Waals surface area contributed by atoms with E-state index in [1.54, 1.807) is 17.8 Å². The van der Waals surface area contributed by atoms with Crippen LogP contribution in [0.1, 0.15) is 31.9 Å². The summed E-state index contributed by atoms with van der Waals surface area (Å²) in [6, 6.07) is 4.06. The zero-order valence-electron chi connectivity index (χ0n) is 18.3. The van der Waals surface area contributed by atoms with Gasteiger partial charge in [0.2, 0.25) is 0 Å². The van der Waals surface area contributed by atoms with E-state index in [1.807, 2.05) is 32.4 Å². The number of aromatic nitrogens is 3. The zero-order chi connectivity index (χ0) is 21.6. The molecule has 1 aliphatic rings. The maximum Gasteiger partial charge on any atom is 0.191 e. The molecular formula is C21H33N7O2. The fourth-order valence-electron chi connectivity index (χ4n) is 3.33. The number of aryl methyl sites for hydroxylation is 1. The Morgan fingerprint density at radius 2 is 2.27 bits per heavy atom. The van der Waals surface area contributed by atoms with Crippen LogP contribution in [0.3, 0.4) is 0 Å². The molecule has 0 radical (unpaired) electrons. The van der Waals surface area contributed by atoms with Gasteiger partial charge < -0.3 is 25.4 Å². The molecule has 0 spiro atoms. The van der Waals surface area contributed by atoms with Crippen molar-refractivity contribution >= 4 is 11.8 Å². The number of anilines is 1. The fraction of sp³-hybridized carbons (Fsp3) is 0.571. The first kappa shape index (κ1) is 22.0. The van der Waals surface area contributed by atoms with Gasteiger partial charge in [-0.2, -0.15) is 5.10 Å². The predicted octanol–water partition coefficient (Wildman–Crippen LogP) is 1.00. The number of pyridine rings is 1. The molecule has 164 valence electrons. The molecule has 1 saturated heterocycles. The third-order valence-corrected chi connectivity index (χ3v) is 5.07. The van der Waals surface area contributed by atoms with Crippen molar-refractivity contribution in [2.24, 2.45) is 12.0 Å². The lowest BCUT2D eigenvalue weighted by molar-refractivity contribution is 0.0529. The number of rotatable bonds is 7. The van der Waals surface area contributed by atoms with E-state index < -0.39 is 5.60 Å². The highest BCUT2D eigenvalue weighted by Crippen LogP contribution is 2.19. The van der Waals surface area contributed by atoms with Crippen LogP contribution in [0.25, 0.3) is 0 Å². The molecule has 3 rings (SSSR count). The minimum absolute atomic E-state index is 0.208. The van der Waals surface area contributed by atoms with Crippen LogP contribution in [0.4, 0.5) is 5.82 Å². The van der Waals surface area contributed by atoms with Gasteiger partial charge in [-0.15, -0.1) is 0 Å². The van der Waals surface area contributed by atoms with Crippen LogP contribution >= 0.6 is 0 Å². The predicted molar refractivity (Wildman–Crippen MR) is 117 cm³/mol. The monoisotopic (exact) mass is 415 g/mol. The molecule has 3 heterocycles. The van der Waals surface area contributed by atoms with Gasteiger partial charge in [0.05, 0.1) is 32.0 Å². The number of nitrogens with zero attached hydrogens (tertiary/aromatic N) is 5. The highest BCUT2D eigenvalue weighted by molar-refractivity contribution is 5.79. The van der Waals surface area contributed by atoms with E-state index in [0.29, 0.717) is 19.0 Å². The van der Waals surface area contributed by atoms with Crippen LogP contribution in [0.2, 0.25) is 0 Å². The Kier molecular flexibility index (Phi) is 7.28. The second-order valence-electron chi connectivity index (χ2n) is 7.87. The van der Waals surface area contributed by atoms with E-state index in [9.17, 15) is 5.11 Å². The third kappa shape index (κ3) is 5.93. The molecule has 0 saturated carbocycles. The van der Waals surface area contributed by atoms with Gasteiger partial charge in [0, 0.05) is 44.6 Å². The minimum atomic E-state index is -1.05. The molecule has 3 N–H and O–H groups in total. The van der Waals surface area contributed by atoms with Crippen molar-refractivity contribution in [2.75, 3.05) is 37.7 Å². The van der Waals surface area contributed by atoms with Gasteiger partial charge in [0.15, 0.2) is 5.96 Å². The number of ether oxygens (including phenoxy) is 1. The average molecular weight is 416 g/mol. The summed E-state index contributed by atoms with van der Waals surface area (Å²) < 4.78 is 7.30. The van der Waals surface area contributed by atoms with Gasteiger partial charge in [0.25, 0.3) is 0 Å². The van der Waals surface area contributed by atoms with E-state index in [4.69, 9.17) is 4.74 Å². The number of aliphatic hydroxyl groups is 1. The van der Waals surface area contributed by atoms with Gasteiger partial charge in [-0.3, -0.25) is 4.68 Å². The number of hydrogen-bond donors (Lipinski definition) is 3. The lowest BCUT2D eigenvalue weighted by Crippen LogP contribution is -2.44. The van der Waals surface area contributed by atoms with Crippen LogP contribution in [0.5, 0.6) is 0 Å². The van der Waals surface area contributed by atoms with E-state index in [1.165, 1.54) is 0 Å². The second kappa shape index (κ2) is 9.90. The van der Waals surface area contributed by atoms with Crippen molar-refractivity contribution in [3.05, 3.63) is 41.9 Å². The van der Waals surface area contributed by atoms with E-state index in [-0.39, 0.29) is 6.10 Å². The topological polar surface area (TPSA) is 99.8 Å². The van der Waals surface area contributed by atoms with Crippen LogP contribution in [0, 0.1) is 0 Å². The van der Waals surface area contributed by atoms with Crippen molar-refractivity contribution in [1.29, 1.82) is 0 Å². The summed E-state index contributed by atoms with van der Waals surface area (Å²) in [5.74, 6) is 1.61. The second-order valence-corrected chi connectivity index (χ2v) is 7.87. The minimum Gasteiger partial charge on any atom is -0.383 e. The van der Waals surface area contributed by atoms with Crippen LogP contribution in [-0.4, -0.2) is 64.7 Å². The largest absolute Gasteiger partial charge is 0.383 e. The zero-order valence-corrected chi connectivity index (χ0v) is 18.3. The molecule has 9 heteroatoms. The summed E-state index contributed by atoms with van der Waals surface area (Å²) in [5.41, 5.74) is 0.781. The maximum absolute atomic E-state index is 10.8. The van der Waals surface area contributed by atoms with Crippen LogP contribution < -0.4 is 15.5 Å². The first-order valence-electron chi connectivity index (χ1n) is 10.4. The van der Waals surface area contributed by atoms with Gasteiger partial charge in [-0.1, -0.05) is 0 Å². The summed E-state index contributed by atoms with van der Waals surface area (Å²) in [5, 5.41) is 21.4. The Balaban J connectivity index is 1.63. The van der Waals surface area contributed by atoms with Gasteiger partial charge in [-0.05, 0) is 38.5 Å². The Bertz CT molecular complexity index is 849.